The number of methoxy groups -OCH3 is 1. The number of anilines is 3. The third kappa shape index (κ3) is 4.32. The summed E-state index contributed by atoms with van der Waals surface area (Å²) in [5, 5.41) is 6.61. The number of hydrogen-bond acceptors (Lipinski definition) is 4. The van der Waals surface area contributed by atoms with Crippen molar-refractivity contribution in [3.63, 3.8) is 0 Å². The maximum atomic E-state index is 12.2. The molecular weight excluding hydrogens is 350 g/mol. The lowest BCUT2D eigenvalue weighted by Crippen LogP contribution is -2.12. The van der Waals surface area contributed by atoms with Crippen molar-refractivity contribution in [2.24, 2.45) is 0 Å². The van der Waals surface area contributed by atoms with Gasteiger partial charge in [-0.05, 0) is 61.0 Å². The van der Waals surface area contributed by atoms with Crippen LogP contribution in [0.3, 0.4) is 0 Å². The van der Waals surface area contributed by atoms with E-state index in [4.69, 9.17) is 16.3 Å². The molecule has 2 aromatic carbocycles. The van der Waals surface area contributed by atoms with Crippen LogP contribution in [0.4, 0.5) is 17.2 Å². The standard InChI is InChI=1S/C20H18ClN3O2/c1-13-3-9-18(26-2)17(11-13)23-16-8-10-19(22-12-16)24-20(25)14-4-6-15(21)7-5-14/h3-12,23H,1-2H3,(H,22,24,25). The van der Waals surface area contributed by atoms with Crippen LogP contribution in [0, 0.1) is 6.92 Å². The molecule has 0 spiro atoms. The van der Waals surface area contributed by atoms with E-state index in [1.54, 1.807) is 43.6 Å². The smallest absolute Gasteiger partial charge is 0.256 e. The van der Waals surface area contributed by atoms with Crippen LogP contribution in [0.5, 0.6) is 5.75 Å². The van der Waals surface area contributed by atoms with Gasteiger partial charge in [-0.2, -0.15) is 0 Å². The largest absolute Gasteiger partial charge is 0.495 e. The van der Waals surface area contributed by atoms with Gasteiger partial charge in [0.05, 0.1) is 24.7 Å². The number of ether oxygens (including phenoxy) is 1. The van der Waals surface area contributed by atoms with Gasteiger partial charge in [0, 0.05) is 10.6 Å². The third-order valence-corrected chi connectivity index (χ3v) is 4.00. The van der Waals surface area contributed by atoms with Crippen LogP contribution >= 0.6 is 11.6 Å². The molecule has 0 aliphatic rings. The maximum absolute atomic E-state index is 12.2. The number of halogens is 1. The zero-order chi connectivity index (χ0) is 18.5. The van der Waals surface area contributed by atoms with Crippen molar-refractivity contribution in [1.29, 1.82) is 0 Å². The molecule has 3 aromatic rings. The van der Waals surface area contributed by atoms with E-state index in [1.807, 2.05) is 31.2 Å². The Bertz CT molecular complexity index is 909. The highest BCUT2D eigenvalue weighted by atomic mass is 35.5. The van der Waals surface area contributed by atoms with E-state index in [-0.39, 0.29) is 5.91 Å². The second-order valence-corrected chi connectivity index (χ2v) is 6.16. The Hall–Kier alpha value is -3.05. The summed E-state index contributed by atoms with van der Waals surface area (Å²) < 4.78 is 5.36. The summed E-state index contributed by atoms with van der Waals surface area (Å²) in [7, 11) is 1.63. The van der Waals surface area contributed by atoms with Crippen LogP contribution in [0.15, 0.2) is 60.8 Å². The number of aryl methyl sites for hydroxylation is 1. The summed E-state index contributed by atoms with van der Waals surface area (Å²) in [5.74, 6) is 0.970. The lowest BCUT2D eigenvalue weighted by atomic mass is 10.2. The Morgan fingerprint density at radius 3 is 2.50 bits per heavy atom. The van der Waals surface area contributed by atoms with Crippen LogP contribution in [0.2, 0.25) is 5.02 Å². The third-order valence-electron chi connectivity index (χ3n) is 3.75. The Morgan fingerprint density at radius 1 is 1.08 bits per heavy atom. The van der Waals surface area contributed by atoms with Gasteiger partial charge in [-0.3, -0.25) is 4.79 Å². The summed E-state index contributed by atoms with van der Waals surface area (Å²) >= 11 is 5.83. The molecule has 0 saturated heterocycles. The van der Waals surface area contributed by atoms with Gasteiger partial charge in [0.15, 0.2) is 0 Å². The molecule has 0 aliphatic carbocycles. The van der Waals surface area contributed by atoms with Crippen molar-refractivity contribution < 1.29 is 9.53 Å². The molecule has 0 bridgehead atoms. The van der Waals surface area contributed by atoms with Gasteiger partial charge >= 0.3 is 0 Å². The first kappa shape index (κ1) is 17.8. The van der Waals surface area contributed by atoms with E-state index in [0.717, 1.165) is 22.7 Å². The highest BCUT2D eigenvalue weighted by Gasteiger charge is 2.08. The van der Waals surface area contributed by atoms with Crippen LogP contribution in [-0.4, -0.2) is 18.0 Å². The van der Waals surface area contributed by atoms with Crippen molar-refractivity contribution >= 4 is 34.7 Å². The lowest BCUT2D eigenvalue weighted by Gasteiger charge is -2.12. The molecule has 5 nitrogen and oxygen atoms in total. The molecule has 132 valence electrons. The van der Waals surface area contributed by atoms with Crippen LogP contribution < -0.4 is 15.4 Å². The Balaban J connectivity index is 1.70. The molecule has 1 heterocycles. The topological polar surface area (TPSA) is 63.2 Å². The number of carbonyl (C=O) groups excluding carboxylic acids is 1. The first-order chi connectivity index (χ1) is 12.5. The molecular formula is C20H18ClN3O2. The van der Waals surface area contributed by atoms with Gasteiger partial charge in [-0.25, -0.2) is 4.98 Å². The predicted molar refractivity (Wildman–Crippen MR) is 105 cm³/mol. The normalized spacial score (nSPS) is 10.3. The van der Waals surface area contributed by atoms with Crippen molar-refractivity contribution in [2.75, 3.05) is 17.7 Å². The van der Waals surface area contributed by atoms with Gasteiger partial charge in [0.2, 0.25) is 0 Å². The summed E-state index contributed by atoms with van der Waals surface area (Å²) in [6, 6.07) is 16.1. The molecule has 0 radical (unpaired) electrons. The summed E-state index contributed by atoms with van der Waals surface area (Å²) in [6.45, 7) is 2.01. The minimum Gasteiger partial charge on any atom is -0.495 e. The predicted octanol–water partition coefficient (Wildman–Crippen LogP) is 5.05. The zero-order valence-corrected chi connectivity index (χ0v) is 15.2. The molecule has 1 amide bonds. The van der Waals surface area contributed by atoms with E-state index < -0.39 is 0 Å². The van der Waals surface area contributed by atoms with Crippen molar-refractivity contribution in [3.05, 3.63) is 76.9 Å². The second-order valence-electron chi connectivity index (χ2n) is 5.72. The first-order valence-corrected chi connectivity index (χ1v) is 8.37. The van der Waals surface area contributed by atoms with Gasteiger partial charge in [0.1, 0.15) is 11.6 Å². The molecule has 0 saturated carbocycles. The molecule has 2 N–H and O–H groups in total. The molecule has 0 unspecified atom stereocenters. The molecule has 0 fully saturated rings. The fourth-order valence-electron chi connectivity index (χ4n) is 2.41. The van der Waals surface area contributed by atoms with Crippen molar-refractivity contribution in [2.45, 2.75) is 6.92 Å². The zero-order valence-electron chi connectivity index (χ0n) is 14.4. The molecule has 1 aromatic heterocycles. The number of aromatic nitrogens is 1. The number of nitrogens with one attached hydrogen (secondary N) is 2. The Labute approximate surface area is 157 Å². The monoisotopic (exact) mass is 367 g/mol. The maximum Gasteiger partial charge on any atom is 0.256 e. The summed E-state index contributed by atoms with van der Waals surface area (Å²) in [5.41, 5.74) is 3.28. The quantitative estimate of drug-likeness (QED) is 0.662. The number of rotatable bonds is 5. The average molecular weight is 368 g/mol. The summed E-state index contributed by atoms with van der Waals surface area (Å²) in [4.78, 5) is 16.5. The van der Waals surface area contributed by atoms with Crippen molar-refractivity contribution in [3.8, 4) is 5.75 Å². The lowest BCUT2D eigenvalue weighted by molar-refractivity contribution is 0.102. The Morgan fingerprint density at radius 2 is 1.85 bits per heavy atom. The van der Waals surface area contributed by atoms with Gasteiger partial charge in [0.25, 0.3) is 5.91 Å². The average Bonchev–Trinajstić information content (AvgIpc) is 2.64. The van der Waals surface area contributed by atoms with Gasteiger partial charge in [-0.15, -0.1) is 0 Å². The first-order valence-electron chi connectivity index (χ1n) is 8.00. The molecule has 3 rings (SSSR count). The number of nitrogens with zero attached hydrogens (tertiary/aromatic N) is 1. The van der Waals surface area contributed by atoms with E-state index >= 15 is 0 Å². The molecule has 6 heteroatoms. The van der Waals surface area contributed by atoms with Crippen LogP contribution in [0.25, 0.3) is 0 Å². The number of pyridine rings is 1. The second kappa shape index (κ2) is 7.89. The van der Waals surface area contributed by atoms with E-state index in [1.165, 1.54) is 0 Å². The van der Waals surface area contributed by atoms with E-state index in [9.17, 15) is 4.79 Å². The number of benzene rings is 2. The SMILES string of the molecule is COc1ccc(C)cc1Nc1ccc(NC(=O)c2ccc(Cl)cc2)nc1. The highest BCUT2D eigenvalue weighted by Crippen LogP contribution is 2.28. The highest BCUT2D eigenvalue weighted by molar-refractivity contribution is 6.30. The summed E-state index contributed by atoms with van der Waals surface area (Å²) in [6.07, 6.45) is 1.65. The minimum atomic E-state index is -0.241. The molecule has 0 aliphatic heterocycles. The Kier molecular flexibility index (Phi) is 5.39. The van der Waals surface area contributed by atoms with E-state index in [0.29, 0.717) is 16.4 Å². The minimum absolute atomic E-state index is 0.241. The fraction of sp³-hybridized carbons (Fsp3) is 0.100. The van der Waals surface area contributed by atoms with Crippen LogP contribution in [0.1, 0.15) is 15.9 Å². The van der Waals surface area contributed by atoms with Gasteiger partial charge < -0.3 is 15.4 Å². The number of carbonyl (C=O) groups is 1. The van der Waals surface area contributed by atoms with Crippen LogP contribution in [-0.2, 0) is 0 Å². The number of amides is 1. The van der Waals surface area contributed by atoms with Crippen molar-refractivity contribution in [1.82, 2.24) is 4.98 Å². The molecule has 0 atom stereocenters. The van der Waals surface area contributed by atoms with E-state index in [2.05, 4.69) is 15.6 Å². The molecule has 26 heavy (non-hydrogen) atoms. The fourth-order valence-corrected chi connectivity index (χ4v) is 2.53. The van der Waals surface area contributed by atoms with Gasteiger partial charge in [-0.1, -0.05) is 17.7 Å². The number of hydrogen-bond donors (Lipinski definition) is 2.